The highest BCUT2D eigenvalue weighted by Gasteiger charge is 2.27. The first-order valence-corrected chi connectivity index (χ1v) is 4.84. The zero-order chi connectivity index (χ0) is 7.71. The van der Waals surface area contributed by atoms with Gasteiger partial charge >= 0.3 is 0 Å². The van der Waals surface area contributed by atoms with Crippen LogP contribution in [-0.4, -0.2) is 23.7 Å². The fraction of sp³-hybridized carbons (Fsp3) is 1.00. The van der Waals surface area contributed by atoms with E-state index in [2.05, 4.69) is 3.87 Å². The van der Waals surface area contributed by atoms with Crippen LogP contribution in [0.4, 0.5) is 0 Å². The van der Waals surface area contributed by atoms with Gasteiger partial charge in [-0.25, -0.2) is 0 Å². The Labute approximate surface area is 59.1 Å². The van der Waals surface area contributed by atoms with Crippen molar-refractivity contribution >= 4 is 20.6 Å². The standard InChI is InChI=1S/C4H12O3SSi/c1-4(2,3)8(5,6)7-9/h1-3,9H3. The molecule has 0 aliphatic heterocycles. The van der Waals surface area contributed by atoms with Gasteiger partial charge in [-0.3, -0.25) is 0 Å². The molecule has 0 spiro atoms. The van der Waals surface area contributed by atoms with Crippen molar-refractivity contribution in [3.63, 3.8) is 0 Å². The van der Waals surface area contributed by atoms with E-state index in [9.17, 15) is 8.42 Å². The van der Waals surface area contributed by atoms with Crippen LogP contribution in [0.15, 0.2) is 0 Å². The first kappa shape index (κ1) is 9.13. The molecule has 0 aromatic rings. The molecule has 0 unspecified atom stereocenters. The summed E-state index contributed by atoms with van der Waals surface area (Å²) in [5, 5.41) is 0. The van der Waals surface area contributed by atoms with Crippen molar-refractivity contribution in [2.75, 3.05) is 0 Å². The minimum absolute atomic E-state index is 0.240. The first-order valence-electron chi connectivity index (χ1n) is 2.61. The summed E-state index contributed by atoms with van der Waals surface area (Å²) in [4.78, 5) is 0. The van der Waals surface area contributed by atoms with Gasteiger partial charge < -0.3 is 3.87 Å². The van der Waals surface area contributed by atoms with Gasteiger partial charge in [0.25, 0.3) is 10.1 Å². The van der Waals surface area contributed by atoms with Crippen molar-refractivity contribution in [3.05, 3.63) is 0 Å². The second-order valence-corrected chi connectivity index (χ2v) is 6.20. The van der Waals surface area contributed by atoms with Gasteiger partial charge in [-0.05, 0) is 20.8 Å². The molecule has 0 saturated carbocycles. The maximum Gasteiger partial charge on any atom is 0.261 e. The normalized spacial score (nSPS) is 14.1. The summed E-state index contributed by atoms with van der Waals surface area (Å²) < 4.78 is 25.3. The Morgan fingerprint density at radius 2 is 1.67 bits per heavy atom. The van der Waals surface area contributed by atoms with E-state index in [0.717, 1.165) is 0 Å². The van der Waals surface area contributed by atoms with Crippen LogP contribution in [-0.2, 0) is 14.0 Å². The lowest BCUT2D eigenvalue weighted by atomic mass is 10.3. The lowest BCUT2D eigenvalue weighted by Crippen LogP contribution is -2.28. The van der Waals surface area contributed by atoms with E-state index in [1.807, 2.05) is 0 Å². The highest BCUT2D eigenvalue weighted by molar-refractivity contribution is 7.88. The fourth-order valence-electron chi connectivity index (χ4n) is 0.250. The minimum atomic E-state index is -3.27. The fourth-order valence-corrected chi connectivity index (χ4v) is 2.25. The Morgan fingerprint density at radius 1 is 1.33 bits per heavy atom. The molecule has 0 atom stereocenters. The molecule has 56 valence electrons. The van der Waals surface area contributed by atoms with Crippen LogP contribution in [0.5, 0.6) is 0 Å². The highest BCUT2D eigenvalue weighted by Crippen LogP contribution is 2.14. The SMILES string of the molecule is CC(C)(C)S(=O)(=O)O[SiH3]. The molecule has 9 heavy (non-hydrogen) atoms. The molecule has 0 aromatic carbocycles. The third-order valence-corrected chi connectivity index (χ3v) is 4.22. The summed E-state index contributed by atoms with van der Waals surface area (Å²) in [6, 6.07) is 0. The zero-order valence-corrected chi connectivity index (χ0v) is 8.95. The molecular weight excluding hydrogens is 156 g/mol. The molecule has 0 aliphatic carbocycles. The Bertz CT molecular complexity index is 176. The highest BCUT2D eigenvalue weighted by atomic mass is 32.2. The Balaban J connectivity index is 4.57. The van der Waals surface area contributed by atoms with Crippen molar-refractivity contribution in [2.24, 2.45) is 0 Å². The molecule has 0 amide bonds. The van der Waals surface area contributed by atoms with Crippen molar-refractivity contribution in [1.82, 2.24) is 0 Å². The maximum atomic E-state index is 10.8. The molecule has 0 saturated heterocycles. The quantitative estimate of drug-likeness (QED) is 0.492. The molecule has 0 radical (unpaired) electrons. The summed E-state index contributed by atoms with van der Waals surface area (Å²) >= 11 is 0. The predicted molar refractivity (Wildman–Crippen MR) is 39.7 cm³/mol. The van der Waals surface area contributed by atoms with Crippen LogP contribution in [0.25, 0.3) is 0 Å². The van der Waals surface area contributed by atoms with Crippen LogP contribution in [0.1, 0.15) is 20.8 Å². The molecular formula is C4H12O3SSi. The lowest BCUT2D eigenvalue weighted by molar-refractivity contribution is 0.472. The molecule has 0 fully saturated rings. The van der Waals surface area contributed by atoms with E-state index in [-0.39, 0.29) is 10.5 Å². The predicted octanol–water partition coefficient (Wildman–Crippen LogP) is -0.588. The van der Waals surface area contributed by atoms with E-state index in [1.54, 1.807) is 20.8 Å². The Morgan fingerprint density at radius 3 is 1.67 bits per heavy atom. The number of hydrogen-bond acceptors (Lipinski definition) is 3. The zero-order valence-electron chi connectivity index (χ0n) is 6.13. The van der Waals surface area contributed by atoms with E-state index in [1.165, 1.54) is 0 Å². The summed E-state index contributed by atoms with van der Waals surface area (Å²) in [5.41, 5.74) is 0. The van der Waals surface area contributed by atoms with Crippen molar-refractivity contribution in [3.8, 4) is 0 Å². The van der Waals surface area contributed by atoms with Gasteiger partial charge in [0.05, 0.1) is 4.75 Å². The molecule has 0 bridgehead atoms. The molecule has 3 nitrogen and oxygen atoms in total. The summed E-state index contributed by atoms with van der Waals surface area (Å²) in [6.07, 6.45) is 0. The second-order valence-electron chi connectivity index (χ2n) is 2.73. The topological polar surface area (TPSA) is 43.4 Å². The van der Waals surface area contributed by atoms with Gasteiger partial charge in [0.1, 0.15) is 0 Å². The van der Waals surface area contributed by atoms with Gasteiger partial charge in [-0.1, -0.05) is 0 Å². The van der Waals surface area contributed by atoms with E-state index >= 15 is 0 Å². The molecule has 0 aromatic heterocycles. The smallest absolute Gasteiger partial charge is 0.261 e. The molecule has 0 aliphatic rings. The summed E-state index contributed by atoms with van der Waals surface area (Å²) in [6.45, 7) is 4.83. The van der Waals surface area contributed by atoms with Gasteiger partial charge in [0.2, 0.25) is 0 Å². The van der Waals surface area contributed by atoms with Crippen LogP contribution in [0, 0.1) is 0 Å². The average molecular weight is 168 g/mol. The molecule has 0 rings (SSSR count). The second kappa shape index (κ2) is 2.40. The average Bonchev–Trinajstić information content (AvgIpc) is 1.64. The number of rotatable bonds is 1. The van der Waals surface area contributed by atoms with Gasteiger partial charge in [-0.2, -0.15) is 8.42 Å². The number of hydrogen-bond donors (Lipinski definition) is 0. The molecule has 0 heterocycles. The van der Waals surface area contributed by atoms with Crippen LogP contribution < -0.4 is 0 Å². The molecule has 5 heteroatoms. The van der Waals surface area contributed by atoms with E-state index in [0.29, 0.717) is 0 Å². The van der Waals surface area contributed by atoms with Gasteiger partial charge in [0.15, 0.2) is 10.5 Å². The van der Waals surface area contributed by atoms with Crippen molar-refractivity contribution < 1.29 is 12.3 Å². The third-order valence-electron chi connectivity index (χ3n) is 0.969. The summed E-state index contributed by atoms with van der Waals surface area (Å²) in [7, 11) is -3.03. The van der Waals surface area contributed by atoms with Gasteiger partial charge in [0, 0.05) is 0 Å². The minimum Gasteiger partial charge on any atom is -0.327 e. The first-order chi connectivity index (χ1) is 3.81. The third kappa shape index (κ3) is 2.07. The van der Waals surface area contributed by atoms with Crippen molar-refractivity contribution in [1.29, 1.82) is 0 Å². The van der Waals surface area contributed by atoms with Gasteiger partial charge in [-0.15, -0.1) is 0 Å². The van der Waals surface area contributed by atoms with Crippen molar-refractivity contribution in [2.45, 2.75) is 25.5 Å². The Hall–Kier alpha value is 0.127. The van der Waals surface area contributed by atoms with E-state index in [4.69, 9.17) is 0 Å². The van der Waals surface area contributed by atoms with Crippen LogP contribution in [0.3, 0.4) is 0 Å². The largest absolute Gasteiger partial charge is 0.327 e. The Kier molecular flexibility index (Phi) is 2.43. The summed E-state index contributed by atoms with van der Waals surface area (Å²) in [5.74, 6) is 0. The van der Waals surface area contributed by atoms with Crippen LogP contribution in [0.2, 0.25) is 0 Å². The monoisotopic (exact) mass is 168 g/mol. The maximum absolute atomic E-state index is 10.8. The van der Waals surface area contributed by atoms with E-state index < -0.39 is 14.9 Å². The lowest BCUT2D eigenvalue weighted by Gasteiger charge is -2.16. The molecule has 0 N–H and O–H groups in total. The van der Waals surface area contributed by atoms with Crippen LogP contribution >= 0.6 is 0 Å².